The Morgan fingerprint density at radius 3 is 2.50 bits per heavy atom. The molecule has 0 aromatic heterocycles. The van der Waals surface area contributed by atoms with Gasteiger partial charge in [-0.2, -0.15) is 0 Å². The summed E-state index contributed by atoms with van der Waals surface area (Å²) in [5, 5.41) is 2.19. The van der Waals surface area contributed by atoms with E-state index in [0.717, 1.165) is 27.5 Å². The molecular formula is C25H25NO3S. The number of rotatable bonds is 5. The monoisotopic (exact) mass is 419 g/mol. The Hall–Kier alpha value is -2.92. The number of amides is 1. The Morgan fingerprint density at radius 2 is 1.77 bits per heavy atom. The smallest absolute Gasteiger partial charge is 0.247 e. The van der Waals surface area contributed by atoms with Gasteiger partial charge >= 0.3 is 0 Å². The minimum atomic E-state index is -3.10. The van der Waals surface area contributed by atoms with Crippen molar-refractivity contribution < 1.29 is 13.2 Å². The molecule has 1 aliphatic heterocycles. The summed E-state index contributed by atoms with van der Waals surface area (Å²) >= 11 is 0. The molecule has 30 heavy (non-hydrogen) atoms. The molecule has 1 aliphatic rings. The standard InChI is InChI=1S/C25H25NO3S/c1-19-9-11-20(12-10-19)13-14-25(27)26(23-15-16-30(28,29)18-23)17-22-7-4-6-21-5-2-3-8-24(21)22/h2-14,23H,15-18H2,1H3/b14-13+. The van der Waals surface area contributed by atoms with Crippen LogP contribution in [0, 0.1) is 6.92 Å². The molecule has 0 radical (unpaired) electrons. The van der Waals surface area contributed by atoms with E-state index in [0.29, 0.717) is 13.0 Å². The van der Waals surface area contributed by atoms with Gasteiger partial charge in [0.05, 0.1) is 11.5 Å². The number of benzene rings is 3. The van der Waals surface area contributed by atoms with Gasteiger partial charge in [-0.25, -0.2) is 8.42 Å². The maximum atomic E-state index is 13.2. The van der Waals surface area contributed by atoms with E-state index in [1.165, 1.54) is 0 Å². The zero-order chi connectivity index (χ0) is 21.1. The van der Waals surface area contributed by atoms with Gasteiger partial charge < -0.3 is 4.90 Å². The molecule has 0 bridgehead atoms. The average Bonchev–Trinajstić information content (AvgIpc) is 3.10. The Bertz CT molecular complexity index is 1190. The number of aryl methyl sites for hydroxylation is 1. The molecule has 0 aliphatic carbocycles. The summed E-state index contributed by atoms with van der Waals surface area (Å²) in [6, 6.07) is 21.7. The van der Waals surface area contributed by atoms with Gasteiger partial charge in [-0.1, -0.05) is 72.3 Å². The number of hydrogen-bond acceptors (Lipinski definition) is 3. The SMILES string of the molecule is Cc1ccc(/C=C/C(=O)N(Cc2cccc3ccccc23)C2CCS(=O)(=O)C2)cc1. The first-order valence-corrected chi connectivity index (χ1v) is 12.0. The molecular weight excluding hydrogens is 394 g/mol. The van der Waals surface area contributed by atoms with Crippen LogP contribution in [0.1, 0.15) is 23.1 Å². The number of sulfone groups is 1. The minimum absolute atomic E-state index is 0.0296. The molecule has 1 atom stereocenters. The molecule has 1 amide bonds. The van der Waals surface area contributed by atoms with Gasteiger partial charge in [-0.05, 0) is 41.3 Å². The summed E-state index contributed by atoms with van der Waals surface area (Å²) in [5.41, 5.74) is 3.12. The highest BCUT2D eigenvalue weighted by Gasteiger charge is 2.34. The minimum Gasteiger partial charge on any atom is -0.331 e. The molecule has 3 aromatic carbocycles. The quantitative estimate of drug-likeness (QED) is 0.577. The van der Waals surface area contributed by atoms with Crippen molar-refractivity contribution in [3.8, 4) is 0 Å². The molecule has 1 fully saturated rings. The lowest BCUT2D eigenvalue weighted by molar-refractivity contribution is -0.128. The fraction of sp³-hybridized carbons (Fsp3) is 0.240. The molecule has 0 N–H and O–H groups in total. The van der Waals surface area contributed by atoms with E-state index in [1.54, 1.807) is 17.1 Å². The molecule has 0 saturated carbocycles. The normalized spacial score (nSPS) is 18.1. The van der Waals surface area contributed by atoms with Gasteiger partial charge in [-0.15, -0.1) is 0 Å². The summed E-state index contributed by atoms with van der Waals surface area (Å²) < 4.78 is 24.2. The maximum Gasteiger partial charge on any atom is 0.247 e. The number of carbonyl (C=O) groups is 1. The van der Waals surface area contributed by atoms with Crippen LogP contribution < -0.4 is 0 Å². The second kappa shape index (κ2) is 8.44. The van der Waals surface area contributed by atoms with E-state index in [2.05, 4.69) is 0 Å². The summed E-state index contributed by atoms with van der Waals surface area (Å²) in [4.78, 5) is 14.9. The Balaban J connectivity index is 1.64. The predicted molar refractivity (Wildman–Crippen MR) is 122 cm³/mol. The second-order valence-corrected chi connectivity index (χ2v) is 10.1. The summed E-state index contributed by atoms with van der Waals surface area (Å²) in [5.74, 6) is 0.00573. The first kappa shape index (κ1) is 20.4. The largest absolute Gasteiger partial charge is 0.331 e. The Morgan fingerprint density at radius 1 is 1.03 bits per heavy atom. The van der Waals surface area contributed by atoms with Crippen LogP contribution in [0.15, 0.2) is 72.8 Å². The molecule has 3 aromatic rings. The van der Waals surface area contributed by atoms with Gasteiger partial charge in [0.1, 0.15) is 0 Å². The zero-order valence-electron chi connectivity index (χ0n) is 17.0. The van der Waals surface area contributed by atoms with Crippen LogP contribution >= 0.6 is 0 Å². The third-order valence-corrected chi connectivity index (χ3v) is 7.40. The molecule has 4 nitrogen and oxygen atoms in total. The van der Waals surface area contributed by atoms with E-state index in [9.17, 15) is 13.2 Å². The lowest BCUT2D eigenvalue weighted by atomic mass is 10.0. The van der Waals surface area contributed by atoms with Crippen molar-refractivity contribution in [1.29, 1.82) is 0 Å². The fourth-order valence-corrected chi connectivity index (χ4v) is 5.69. The van der Waals surface area contributed by atoms with Crippen LogP contribution in [0.4, 0.5) is 0 Å². The number of hydrogen-bond donors (Lipinski definition) is 0. The van der Waals surface area contributed by atoms with E-state index in [-0.39, 0.29) is 23.5 Å². The Labute approximate surface area is 177 Å². The average molecular weight is 420 g/mol. The molecule has 1 unspecified atom stereocenters. The van der Waals surface area contributed by atoms with E-state index >= 15 is 0 Å². The van der Waals surface area contributed by atoms with Crippen molar-refractivity contribution in [2.24, 2.45) is 0 Å². The highest BCUT2D eigenvalue weighted by atomic mass is 32.2. The van der Waals surface area contributed by atoms with E-state index in [4.69, 9.17) is 0 Å². The van der Waals surface area contributed by atoms with E-state index < -0.39 is 9.84 Å². The molecule has 1 heterocycles. The summed E-state index contributed by atoms with van der Waals surface area (Å²) in [7, 11) is -3.10. The van der Waals surface area contributed by atoms with Crippen LogP contribution in [-0.2, 0) is 21.2 Å². The molecule has 4 rings (SSSR count). The van der Waals surface area contributed by atoms with Gasteiger partial charge in [0.2, 0.25) is 5.91 Å². The molecule has 1 saturated heterocycles. The van der Waals surface area contributed by atoms with Gasteiger partial charge in [0, 0.05) is 18.7 Å². The molecule has 154 valence electrons. The van der Waals surface area contributed by atoms with Gasteiger partial charge in [0.25, 0.3) is 0 Å². The third kappa shape index (κ3) is 4.62. The highest BCUT2D eigenvalue weighted by Crippen LogP contribution is 2.25. The van der Waals surface area contributed by atoms with Crippen LogP contribution in [-0.4, -0.2) is 36.8 Å². The number of nitrogens with zero attached hydrogens (tertiary/aromatic N) is 1. The second-order valence-electron chi connectivity index (χ2n) is 7.91. The zero-order valence-corrected chi connectivity index (χ0v) is 17.8. The first-order chi connectivity index (χ1) is 14.4. The van der Waals surface area contributed by atoms with Crippen molar-refractivity contribution in [2.75, 3.05) is 11.5 Å². The predicted octanol–water partition coefficient (Wildman–Crippen LogP) is 4.38. The van der Waals surface area contributed by atoms with Gasteiger partial charge in [-0.3, -0.25) is 4.79 Å². The highest BCUT2D eigenvalue weighted by molar-refractivity contribution is 7.91. The van der Waals surface area contributed by atoms with Crippen LogP contribution in [0.3, 0.4) is 0 Å². The van der Waals surface area contributed by atoms with Gasteiger partial charge in [0.15, 0.2) is 9.84 Å². The molecule has 0 spiro atoms. The summed E-state index contributed by atoms with van der Waals surface area (Å²) in [6.07, 6.45) is 3.83. The first-order valence-electron chi connectivity index (χ1n) is 10.1. The number of carbonyl (C=O) groups excluding carboxylic acids is 1. The van der Waals surface area contributed by atoms with Crippen molar-refractivity contribution in [3.63, 3.8) is 0 Å². The van der Waals surface area contributed by atoms with Crippen LogP contribution in [0.5, 0.6) is 0 Å². The Kier molecular flexibility index (Phi) is 5.73. The van der Waals surface area contributed by atoms with Crippen LogP contribution in [0.2, 0.25) is 0 Å². The molecule has 5 heteroatoms. The maximum absolute atomic E-state index is 13.2. The lowest BCUT2D eigenvalue weighted by Crippen LogP contribution is -2.39. The lowest BCUT2D eigenvalue weighted by Gasteiger charge is -2.28. The topological polar surface area (TPSA) is 54.5 Å². The van der Waals surface area contributed by atoms with E-state index in [1.807, 2.05) is 73.7 Å². The van der Waals surface area contributed by atoms with Crippen molar-refractivity contribution >= 4 is 32.6 Å². The van der Waals surface area contributed by atoms with Crippen molar-refractivity contribution in [1.82, 2.24) is 4.90 Å². The van der Waals surface area contributed by atoms with Crippen molar-refractivity contribution in [3.05, 3.63) is 89.5 Å². The fourth-order valence-electron chi connectivity index (χ4n) is 3.96. The number of fused-ring (bicyclic) bond motifs is 1. The van der Waals surface area contributed by atoms with Crippen molar-refractivity contribution in [2.45, 2.75) is 25.9 Å². The third-order valence-electron chi connectivity index (χ3n) is 5.65. The van der Waals surface area contributed by atoms with Crippen LogP contribution in [0.25, 0.3) is 16.8 Å². The summed E-state index contributed by atoms with van der Waals surface area (Å²) in [6.45, 7) is 2.41.